The Hall–Kier alpha value is -3.41. The monoisotopic (exact) mass is 653 g/mol. The van der Waals surface area contributed by atoms with Gasteiger partial charge < -0.3 is 14.5 Å². The Morgan fingerprint density at radius 1 is 0.972 bits per heavy atom. The molecule has 0 aliphatic carbocycles. The molecule has 6 aromatic rings. The minimum Gasteiger partial charge on any atom is -0.421 e. The molecule has 6 rings (SSSR count). The molecule has 2 aromatic carbocycles. The SMILES string of the molecule is Cc1ccc2c(c1)c1ccc[c-]c1c1nc(CC(C)(C)C)cn21.Cc1n[n-]c(-c2ccccn2)n1.[Ir]. The predicted molar refractivity (Wildman–Crippen MR) is 140 cm³/mol. The minimum absolute atomic E-state index is 0. The Bertz CT molecular complexity index is 1630. The average Bonchev–Trinajstić information content (AvgIpc) is 3.45. The van der Waals surface area contributed by atoms with Gasteiger partial charge in [-0.3, -0.25) is 15.1 Å². The van der Waals surface area contributed by atoms with Gasteiger partial charge in [-0.25, -0.2) is 0 Å². The molecule has 0 aliphatic rings. The van der Waals surface area contributed by atoms with Gasteiger partial charge in [-0.05, 0) is 55.1 Å². The molecule has 0 saturated heterocycles. The standard InChI is InChI=1S/C21H21N2.C8H7N4.Ir/c1-14-9-10-19-18(11-14)16-7-5-6-8-17(16)20-22-15(13-23(19)20)12-21(2,3)4;1-6-10-8(12-11-6)7-4-2-3-5-9-7;/h5-7,9-11,13H,12H2,1-4H3;2-5H,1H3;/q2*-1;. The maximum Gasteiger partial charge on any atom is 0.0634 e. The molecular weight excluding hydrogens is 625 g/mol. The Kier molecular flexibility index (Phi) is 7.34. The van der Waals surface area contributed by atoms with E-state index in [9.17, 15) is 0 Å². The predicted octanol–water partition coefficient (Wildman–Crippen LogP) is 6.14. The first-order chi connectivity index (χ1) is 16.8. The van der Waals surface area contributed by atoms with E-state index in [1.807, 2.05) is 24.3 Å². The van der Waals surface area contributed by atoms with Crippen LogP contribution in [0.4, 0.5) is 0 Å². The second kappa shape index (κ2) is 10.3. The summed E-state index contributed by atoms with van der Waals surface area (Å²) < 4.78 is 2.23. The molecule has 0 aliphatic heterocycles. The average molecular weight is 653 g/mol. The summed E-state index contributed by atoms with van der Waals surface area (Å²) in [6, 6.07) is 21.8. The van der Waals surface area contributed by atoms with Crippen molar-refractivity contribution in [1.29, 1.82) is 0 Å². The minimum atomic E-state index is 0. The molecule has 0 saturated carbocycles. The van der Waals surface area contributed by atoms with Gasteiger partial charge in [0.2, 0.25) is 0 Å². The first-order valence-electron chi connectivity index (χ1n) is 11.7. The van der Waals surface area contributed by atoms with Crippen molar-refractivity contribution in [2.24, 2.45) is 5.41 Å². The number of pyridine rings is 2. The van der Waals surface area contributed by atoms with E-state index in [1.54, 1.807) is 13.1 Å². The molecule has 4 heterocycles. The van der Waals surface area contributed by atoms with Crippen LogP contribution >= 0.6 is 0 Å². The van der Waals surface area contributed by atoms with E-state index in [-0.39, 0.29) is 25.5 Å². The van der Waals surface area contributed by atoms with Crippen molar-refractivity contribution in [3.8, 4) is 11.5 Å². The normalized spacial score (nSPS) is 11.4. The fourth-order valence-electron chi connectivity index (χ4n) is 4.26. The number of nitrogens with zero attached hydrogens (tertiary/aromatic N) is 6. The van der Waals surface area contributed by atoms with Gasteiger partial charge in [0.25, 0.3) is 0 Å². The van der Waals surface area contributed by atoms with Crippen LogP contribution in [0.5, 0.6) is 0 Å². The van der Waals surface area contributed by atoms with Gasteiger partial charge in [0.15, 0.2) is 0 Å². The maximum atomic E-state index is 4.93. The number of rotatable bonds is 2. The summed E-state index contributed by atoms with van der Waals surface area (Å²) >= 11 is 0. The topological polar surface area (TPSA) is 70.1 Å². The van der Waals surface area contributed by atoms with Crippen LogP contribution < -0.4 is 5.10 Å². The third-order valence-electron chi connectivity index (χ3n) is 5.70. The number of hydrogen-bond acceptors (Lipinski definition) is 4. The zero-order valence-electron chi connectivity index (χ0n) is 21.1. The number of hydrogen-bond donors (Lipinski definition) is 0. The van der Waals surface area contributed by atoms with Gasteiger partial charge >= 0.3 is 0 Å². The number of aryl methyl sites for hydroxylation is 2. The van der Waals surface area contributed by atoms with Crippen LogP contribution in [0.25, 0.3) is 38.8 Å². The van der Waals surface area contributed by atoms with Gasteiger partial charge in [0.1, 0.15) is 0 Å². The van der Waals surface area contributed by atoms with Crippen LogP contribution in [0.1, 0.15) is 37.9 Å². The van der Waals surface area contributed by atoms with E-state index in [1.165, 1.54) is 21.9 Å². The van der Waals surface area contributed by atoms with E-state index in [0.717, 1.165) is 28.8 Å². The van der Waals surface area contributed by atoms with Crippen LogP contribution in [0.15, 0.2) is 67.0 Å². The molecule has 6 nitrogen and oxygen atoms in total. The molecule has 36 heavy (non-hydrogen) atoms. The third-order valence-corrected chi connectivity index (χ3v) is 5.70. The zero-order valence-corrected chi connectivity index (χ0v) is 23.5. The van der Waals surface area contributed by atoms with Crippen molar-refractivity contribution < 1.29 is 20.1 Å². The number of fused-ring (bicyclic) bond motifs is 6. The molecule has 0 unspecified atom stereocenters. The summed E-state index contributed by atoms with van der Waals surface area (Å²) in [5, 5.41) is 11.3. The molecular formula is C29H28IrN6-2. The Balaban J connectivity index is 0.000000198. The molecule has 7 heteroatoms. The summed E-state index contributed by atoms with van der Waals surface area (Å²) in [6.45, 7) is 10.7. The van der Waals surface area contributed by atoms with Crippen molar-refractivity contribution in [2.45, 2.75) is 41.0 Å². The summed E-state index contributed by atoms with van der Waals surface area (Å²) in [6.07, 6.45) is 4.87. The molecule has 0 fully saturated rings. The van der Waals surface area contributed by atoms with Gasteiger partial charge in [-0.1, -0.05) is 49.9 Å². The fraction of sp³-hybridized carbons (Fsp3) is 0.241. The van der Waals surface area contributed by atoms with E-state index in [0.29, 0.717) is 11.6 Å². The zero-order chi connectivity index (χ0) is 24.6. The van der Waals surface area contributed by atoms with Crippen LogP contribution in [0, 0.1) is 25.3 Å². The molecule has 0 spiro atoms. The quantitative estimate of drug-likeness (QED) is 0.166. The van der Waals surface area contributed by atoms with E-state index >= 15 is 0 Å². The van der Waals surface area contributed by atoms with Crippen molar-refractivity contribution in [1.82, 2.24) is 29.5 Å². The maximum absolute atomic E-state index is 4.93. The van der Waals surface area contributed by atoms with Crippen LogP contribution in [0.3, 0.4) is 0 Å². The van der Waals surface area contributed by atoms with Crippen molar-refractivity contribution >= 4 is 27.3 Å². The fourth-order valence-corrected chi connectivity index (χ4v) is 4.26. The Morgan fingerprint density at radius 3 is 2.50 bits per heavy atom. The largest absolute Gasteiger partial charge is 0.421 e. The number of benzene rings is 2. The molecule has 0 N–H and O–H groups in total. The second-order valence-corrected chi connectivity index (χ2v) is 10.0. The van der Waals surface area contributed by atoms with Gasteiger partial charge in [-0.15, -0.1) is 29.7 Å². The molecule has 0 bridgehead atoms. The van der Waals surface area contributed by atoms with Crippen LogP contribution in [-0.4, -0.2) is 24.5 Å². The van der Waals surface area contributed by atoms with Gasteiger partial charge in [-0.2, -0.15) is 0 Å². The molecule has 4 aromatic heterocycles. The second-order valence-electron chi connectivity index (χ2n) is 10.0. The molecule has 0 atom stereocenters. The Morgan fingerprint density at radius 2 is 1.81 bits per heavy atom. The summed E-state index contributed by atoms with van der Waals surface area (Å²) in [7, 11) is 0. The van der Waals surface area contributed by atoms with E-state index in [2.05, 4.69) is 94.9 Å². The Labute approximate surface area is 224 Å². The molecule has 185 valence electrons. The molecule has 0 amide bonds. The third kappa shape index (κ3) is 5.37. The summed E-state index contributed by atoms with van der Waals surface area (Å²) in [4.78, 5) is 13.1. The number of aromatic nitrogens is 6. The van der Waals surface area contributed by atoms with Crippen LogP contribution in [-0.2, 0) is 26.5 Å². The van der Waals surface area contributed by atoms with Gasteiger partial charge in [0, 0.05) is 49.5 Å². The van der Waals surface area contributed by atoms with Crippen molar-refractivity contribution in [2.75, 3.05) is 0 Å². The van der Waals surface area contributed by atoms with E-state index in [4.69, 9.17) is 4.98 Å². The number of imidazole rings is 1. The van der Waals surface area contributed by atoms with Crippen LogP contribution in [0.2, 0.25) is 0 Å². The first-order valence-corrected chi connectivity index (χ1v) is 11.7. The first kappa shape index (κ1) is 25.7. The van der Waals surface area contributed by atoms with Gasteiger partial charge in [0.05, 0.1) is 11.3 Å². The molecule has 1 radical (unpaired) electrons. The summed E-state index contributed by atoms with van der Waals surface area (Å²) in [5.74, 6) is 1.27. The summed E-state index contributed by atoms with van der Waals surface area (Å²) in [5.41, 5.74) is 5.63. The smallest absolute Gasteiger partial charge is 0.0634 e. The van der Waals surface area contributed by atoms with Crippen molar-refractivity contribution in [3.63, 3.8) is 0 Å². The van der Waals surface area contributed by atoms with E-state index < -0.39 is 0 Å². The van der Waals surface area contributed by atoms with Crippen molar-refractivity contribution in [3.05, 3.63) is 90.1 Å².